The molecule has 0 radical (unpaired) electrons. The number of unbranched alkanes of at least 4 members (excludes halogenated alkanes) is 1. The van der Waals surface area contributed by atoms with Crippen molar-refractivity contribution >= 4 is 11.8 Å². The van der Waals surface area contributed by atoms with E-state index in [4.69, 9.17) is 9.84 Å². The monoisotopic (exact) mass is 203 g/mol. The highest BCUT2D eigenvalue weighted by Crippen LogP contribution is 2.03. The van der Waals surface area contributed by atoms with Crippen molar-refractivity contribution in [2.75, 3.05) is 13.7 Å². The summed E-state index contributed by atoms with van der Waals surface area (Å²) in [4.78, 5) is 31.4. The molecule has 0 fully saturated rings. The van der Waals surface area contributed by atoms with Gasteiger partial charge in [-0.25, -0.2) is 4.79 Å². The van der Waals surface area contributed by atoms with Gasteiger partial charge in [0.1, 0.15) is 0 Å². The van der Waals surface area contributed by atoms with Crippen molar-refractivity contribution in [3.63, 3.8) is 0 Å². The molecule has 6 nitrogen and oxygen atoms in total. The largest absolute Gasteiger partial charge is 0.479 e. The zero-order valence-electron chi connectivity index (χ0n) is 7.93. The van der Waals surface area contributed by atoms with Crippen LogP contribution in [0.4, 0.5) is 0 Å². The Bertz CT molecular complexity index is 216. The van der Waals surface area contributed by atoms with Crippen LogP contribution in [0.1, 0.15) is 19.3 Å². The van der Waals surface area contributed by atoms with Crippen molar-refractivity contribution in [1.82, 2.24) is 0 Å². The third-order valence-electron chi connectivity index (χ3n) is 1.67. The number of carboxylic acid groups (broad SMARTS) is 1. The van der Waals surface area contributed by atoms with Crippen molar-refractivity contribution in [3.05, 3.63) is 4.91 Å². The van der Waals surface area contributed by atoms with Gasteiger partial charge in [0.25, 0.3) is 0 Å². The number of ether oxygens (including phenoxy) is 1. The molecule has 6 heteroatoms. The first-order valence-corrected chi connectivity index (χ1v) is 4.20. The van der Waals surface area contributed by atoms with Gasteiger partial charge in [0.2, 0.25) is 6.04 Å². The summed E-state index contributed by atoms with van der Waals surface area (Å²) in [6.07, 6.45) is 1.21. The molecule has 0 saturated heterocycles. The van der Waals surface area contributed by atoms with E-state index < -0.39 is 17.8 Å². The van der Waals surface area contributed by atoms with E-state index in [9.17, 15) is 14.5 Å². The molecule has 0 aliphatic carbocycles. The Morgan fingerprint density at radius 3 is 2.50 bits per heavy atom. The van der Waals surface area contributed by atoms with Crippen LogP contribution < -0.4 is 0 Å². The molecule has 0 spiro atoms. The van der Waals surface area contributed by atoms with Gasteiger partial charge in [0.05, 0.1) is 0 Å². The van der Waals surface area contributed by atoms with E-state index in [1.807, 2.05) is 0 Å². The second kappa shape index (κ2) is 7.14. The summed E-state index contributed by atoms with van der Waals surface area (Å²) in [7, 11) is 1.54. The summed E-state index contributed by atoms with van der Waals surface area (Å²) in [6.45, 7) is 0.513. The minimum atomic E-state index is -1.75. The molecular formula is C8H13NO5. The highest BCUT2D eigenvalue weighted by atomic mass is 16.5. The fourth-order valence-corrected chi connectivity index (χ4v) is 0.924. The van der Waals surface area contributed by atoms with Gasteiger partial charge >= 0.3 is 5.97 Å². The average molecular weight is 203 g/mol. The van der Waals surface area contributed by atoms with Crippen molar-refractivity contribution in [2.45, 2.75) is 25.3 Å². The first-order valence-electron chi connectivity index (χ1n) is 4.20. The number of rotatable bonds is 8. The lowest BCUT2D eigenvalue weighted by Gasteiger charge is -2.02. The normalized spacial score (nSPS) is 12.1. The molecule has 0 aromatic rings. The Morgan fingerprint density at radius 2 is 2.07 bits per heavy atom. The smallest absolute Gasteiger partial charge is 0.339 e. The Balaban J connectivity index is 3.82. The van der Waals surface area contributed by atoms with Crippen LogP contribution in [0.5, 0.6) is 0 Å². The average Bonchev–Trinajstić information content (AvgIpc) is 2.13. The van der Waals surface area contributed by atoms with Gasteiger partial charge in [-0.3, -0.25) is 4.79 Å². The first-order chi connectivity index (χ1) is 6.63. The van der Waals surface area contributed by atoms with Crippen LogP contribution in [0.15, 0.2) is 5.18 Å². The number of methoxy groups -OCH3 is 1. The number of aliphatic carboxylic acids is 1. The number of carboxylic acids is 1. The molecular weight excluding hydrogens is 190 g/mol. The van der Waals surface area contributed by atoms with E-state index in [2.05, 4.69) is 5.18 Å². The molecule has 80 valence electrons. The number of carbonyl (C=O) groups is 2. The molecule has 14 heavy (non-hydrogen) atoms. The van der Waals surface area contributed by atoms with Gasteiger partial charge in [-0.15, -0.1) is 4.91 Å². The van der Waals surface area contributed by atoms with Crippen LogP contribution in [0.2, 0.25) is 0 Å². The Hall–Kier alpha value is -1.30. The molecule has 1 N–H and O–H groups in total. The Kier molecular flexibility index (Phi) is 6.47. The minimum absolute atomic E-state index is 0.0477. The SMILES string of the molecule is COCCCCC(=O)C(N=O)C(=O)O. The number of nitrogens with zero attached hydrogens (tertiary/aromatic N) is 1. The van der Waals surface area contributed by atoms with E-state index in [0.29, 0.717) is 19.4 Å². The maximum atomic E-state index is 11.1. The first kappa shape index (κ1) is 12.7. The van der Waals surface area contributed by atoms with E-state index in [1.165, 1.54) is 7.11 Å². The van der Waals surface area contributed by atoms with Crippen molar-refractivity contribution < 1.29 is 19.4 Å². The zero-order valence-corrected chi connectivity index (χ0v) is 7.93. The van der Waals surface area contributed by atoms with Crippen LogP contribution in [-0.2, 0) is 14.3 Å². The summed E-state index contributed by atoms with van der Waals surface area (Å²) in [5, 5.41) is 10.7. The summed E-state index contributed by atoms with van der Waals surface area (Å²) in [6, 6.07) is -1.75. The molecule has 0 rings (SSSR count). The van der Waals surface area contributed by atoms with Gasteiger partial charge in [-0.1, -0.05) is 0 Å². The van der Waals surface area contributed by atoms with E-state index in [1.54, 1.807) is 0 Å². The Morgan fingerprint density at radius 1 is 1.43 bits per heavy atom. The molecule has 1 atom stereocenters. The molecule has 1 unspecified atom stereocenters. The van der Waals surface area contributed by atoms with Gasteiger partial charge in [-0.2, -0.15) is 0 Å². The summed E-state index contributed by atoms with van der Waals surface area (Å²) in [5.41, 5.74) is 0. The number of Topliss-reactive ketones (excluding diaryl/α,β-unsaturated/α-hetero) is 1. The maximum absolute atomic E-state index is 11.1. The van der Waals surface area contributed by atoms with Crippen LogP contribution in [0, 0.1) is 4.91 Å². The van der Waals surface area contributed by atoms with E-state index in [-0.39, 0.29) is 6.42 Å². The summed E-state index contributed by atoms with van der Waals surface area (Å²) < 4.78 is 4.75. The predicted octanol–water partition coefficient (Wildman–Crippen LogP) is 0.592. The number of carbonyl (C=O) groups excluding carboxylic acids is 1. The maximum Gasteiger partial charge on any atom is 0.339 e. The summed E-state index contributed by atoms with van der Waals surface area (Å²) >= 11 is 0. The van der Waals surface area contributed by atoms with Crippen LogP contribution in [0.25, 0.3) is 0 Å². The van der Waals surface area contributed by atoms with Crippen molar-refractivity contribution in [1.29, 1.82) is 0 Å². The second-order valence-corrected chi connectivity index (χ2v) is 2.76. The van der Waals surface area contributed by atoms with Crippen LogP contribution in [-0.4, -0.2) is 36.6 Å². The standard InChI is InChI=1S/C8H13NO5/c1-14-5-3-2-4-6(10)7(9-13)8(11)12/h7H,2-5H2,1H3,(H,11,12). The summed E-state index contributed by atoms with van der Waals surface area (Å²) in [5.74, 6) is -2.14. The third kappa shape index (κ3) is 4.66. The van der Waals surface area contributed by atoms with Gasteiger partial charge in [0, 0.05) is 20.1 Å². The zero-order chi connectivity index (χ0) is 11.0. The van der Waals surface area contributed by atoms with Crippen LogP contribution in [0.3, 0.4) is 0 Å². The molecule has 0 amide bonds. The highest BCUT2D eigenvalue weighted by Gasteiger charge is 2.26. The van der Waals surface area contributed by atoms with Gasteiger partial charge < -0.3 is 9.84 Å². The number of ketones is 1. The quantitative estimate of drug-likeness (QED) is 0.354. The fourth-order valence-electron chi connectivity index (χ4n) is 0.924. The van der Waals surface area contributed by atoms with Crippen molar-refractivity contribution in [2.24, 2.45) is 5.18 Å². The highest BCUT2D eigenvalue weighted by molar-refractivity contribution is 6.02. The molecule has 0 aliphatic heterocycles. The minimum Gasteiger partial charge on any atom is -0.479 e. The van der Waals surface area contributed by atoms with Crippen LogP contribution >= 0.6 is 0 Å². The number of hydrogen-bond donors (Lipinski definition) is 1. The number of nitroso groups, excluding NO2 is 1. The third-order valence-corrected chi connectivity index (χ3v) is 1.67. The molecule has 0 aliphatic rings. The second-order valence-electron chi connectivity index (χ2n) is 2.76. The van der Waals surface area contributed by atoms with E-state index in [0.717, 1.165) is 0 Å². The predicted molar refractivity (Wildman–Crippen MR) is 48.0 cm³/mol. The fraction of sp³-hybridized carbons (Fsp3) is 0.750. The lowest BCUT2D eigenvalue weighted by Crippen LogP contribution is -2.27. The van der Waals surface area contributed by atoms with Gasteiger partial charge in [-0.05, 0) is 18.0 Å². The molecule has 0 aromatic heterocycles. The van der Waals surface area contributed by atoms with E-state index >= 15 is 0 Å². The molecule has 0 saturated carbocycles. The molecule has 0 aromatic carbocycles. The molecule has 0 bridgehead atoms. The van der Waals surface area contributed by atoms with Gasteiger partial charge in [0.15, 0.2) is 5.78 Å². The number of hydrogen-bond acceptors (Lipinski definition) is 5. The molecule has 0 heterocycles. The lowest BCUT2D eigenvalue weighted by molar-refractivity contribution is -0.142. The van der Waals surface area contributed by atoms with Crippen molar-refractivity contribution in [3.8, 4) is 0 Å². The lowest BCUT2D eigenvalue weighted by atomic mass is 10.1. The Labute approximate surface area is 81.2 Å². The topological polar surface area (TPSA) is 93.0 Å².